The van der Waals surface area contributed by atoms with Gasteiger partial charge in [0.15, 0.2) is 0 Å². The lowest BCUT2D eigenvalue weighted by atomic mass is 10.1. The van der Waals surface area contributed by atoms with E-state index in [1.165, 1.54) is 0 Å². The Morgan fingerprint density at radius 2 is 1.74 bits per heavy atom. The molecule has 118 valence electrons. The number of hydrogen-bond acceptors (Lipinski definition) is 5. The number of rotatable bonds is 4. The van der Waals surface area contributed by atoms with Gasteiger partial charge in [-0.2, -0.15) is 0 Å². The SMILES string of the molecule is COc1cc(Br)ccc1N=Nc1cc2c(cc1OC)OCC=C2. The molecule has 0 unspecified atom stereocenters. The highest BCUT2D eigenvalue weighted by molar-refractivity contribution is 9.10. The molecule has 0 saturated carbocycles. The Labute approximate surface area is 142 Å². The lowest BCUT2D eigenvalue weighted by molar-refractivity contribution is 0.353. The smallest absolute Gasteiger partial charge is 0.150 e. The van der Waals surface area contributed by atoms with Crippen LogP contribution in [0.15, 0.2) is 51.1 Å². The maximum absolute atomic E-state index is 5.57. The molecule has 0 spiro atoms. The molecule has 5 nitrogen and oxygen atoms in total. The molecule has 2 aromatic carbocycles. The highest BCUT2D eigenvalue weighted by Gasteiger charge is 2.12. The topological polar surface area (TPSA) is 52.4 Å². The summed E-state index contributed by atoms with van der Waals surface area (Å²) in [7, 11) is 3.20. The van der Waals surface area contributed by atoms with E-state index in [0.717, 1.165) is 15.8 Å². The van der Waals surface area contributed by atoms with Crippen LogP contribution < -0.4 is 14.2 Å². The Morgan fingerprint density at radius 3 is 2.52 bits per heavy atom. The minimum atomic E-state index is 0.563. The Balaban J connectivity index is 1.98. The van der Waals surface area contributed by atoms with Crippen molar-refractivity contribution in [3.63, 3.8) is 0 Å². The molecule has 0 amide bonds. The minimum absolute atomic E-state index is 0.563. The molecule has 3 rings (SSSR count). The summed E-state index contributed by atoms with van der Waals surface area (Å²) in [6.07, 6.45) is 3.95. The number of azo groups is 1. The molecular weight excluding hydrogens is 360 g/mol. The zero-order valence-corrected chi connectivity index (χ0v) is 14.3. The van der Waals surface area contributed by atoms with E-state index in [9.17, 15) is 0 Å². The fourth-order valence-corrected chi connectivity index (χ4v) is 2.56. The first kappa shape index (κ1) is 15.6. The van der Waals surface area contributed by atoms with Crippen LogP contribution in [0.3, 0.4) is 0 Å². The lowest BCUT2D eigenvalue weighted by Gasteiger charge is -2.14. The molecular formula is C17H15BrN2O3. The zero-order chi connectivity index (χ0) is 16.2. The summed E-state index contributed by atoms with van der Waals surface area (Å²) in [5, 5.41) is 8.59. The molecule has 0 saturated heterocycles. The molecule has 0 fully saturated rings. The van der Waals surface area contributed by atoms with Gasteiger partial charge in [0.05, 0.1) is 14.2 Å². The number of nitrogens with zero attached hydrogens (tertiary/aromatic N) is 2. The van der Waals surface area contributed by atoms with E-state index < -0.39 is 0 Å². The van der Waals surface area contributed by atoms with Crippen molar-refractivity contribution in [2.75, 3.05) is 20.8 Å². The van der Waals surface area contributed by atoms with Crippen molar-refractivity contribution in [2.24, 2.45) is 10.2 Å². The first-order valence-corrected chi connectivity index (χ1v) is 7.77. The highest BCUT2D eigenvalue weighted by atomic mass is 79.9. The molecule has 0 aromatic heterocycles. The van der Waals surface area contributed by atoms with Crippen LogP contribution in [-0.2, 0) is 0 Å². The number of ether oxygens (including phenoxy) is 3. The summed E-state index contributed by atoms with van der Waals surface area (Å²) in [6, 6.07) is 9.28. The molecule has 0 aliphatic carbocycles. The van der Waals surface area contributed by atoms with Crippen LogP contribution in [0.25, 0.3) is 6.08 Å². The van der Waals surface area contributed by atoms with E-state index in [0.29, 0.717) is 29.5 Å². The summed E-state index contributed by atoms with van der Waals surface area (Å²) in [6.45, 7) is 0.563. The number of hydrogen-bond donors (Lipinski definition) is 0. The van der Waals surface area contributed by atoms with Crippen molar-refractivity contribution in [1.82, 2.24) is 0 Å². The predicted octanol–water partition coefficient (Wildman–Crippen LogP) is 5.29. The lowest BCUT2D eigenvalue weighted by Crippen LogP contribution is -2.00. The van der Waals surface area contributed by atoms with E-state index in [1.54, 1.807) is 14.2 Å². The van der Waals surface area contributed by atoms with Crippen molar-refractivity contribution in [1.29, 1.82) is 0 Å². The first-order valence-electron chi connectivity index (χ1n) is 6.98. The van der Waals surface area contributed by atoms with Crippen LogP contribution in [0.4, 0.5) is 11.4 Å². The van der Waals surface area contributed by atoms with Crippen LogP contribution in [0.5, 0.6) is 17.2 Å². The summed E-state index contributed by atoms with van der Waals surface area (Å²) < 4.78 is 17.2. The molecule has 0 bridgehead atoms. The standard InChI is InChI=1S/C17H15BrN2O3/c1-21-16-9-12(18)5-6-13(16)19-20-14-8-11-4-3-7-23-15(11)10-17(14)22-2/h3-6,8-10H,7H2,1-2H3. The van der Waals surface area contributed by atoms with Gasteiger partial charge >= 0.3 is 0 Å². The Morgan fingerprint density at radius 1 is 1.00 bits per heavy atom. The van der Waals surface area contributed by atoms with Gasteiger partial charge in [-0.3, -0.25) is 0 Å². The van der Waals surface area contributed by atoms with Crippen LogP contribution >= 0.6 is 15.9 Å². The normalized spacial score (nSPS) is 12.8. The zero-order valence-electron chi connectivity index (χ0n) is 12.7. The maximum Gasteiger partial charge on any atom is 0.150 e. The van der Waals surface area contributed by atoms with Gasteiger partial charge in [-0.05, 0) is 30.3 Å². The van der Waals surface area contributed by atoms with Gasteiger partial charge in [0.25, 0.3) is 0 Å². The van der Waals surface area contributed by atoms with Crippen LogP contribution in [0.1, 0.15) is 5.56 Å². The van der Waals surface area contributed by atoms with Gasteiger partial charge in [-0.15, -0.1) is 10.2 Å². The highest BCUT2D eigenvalue weighted by Crippen LogP contribution is 2.39. The second-order valence-electron chi connectivity index (χ2n) is 4.79. The largest absolute Gasteiger partial charge is 0.494 e. The van der Waals surface area contributed by atoms with Crippen molar-refractivity contribution in [2.45, 2.75) is 0 Å². The molecule has 0 N–H and O–H groups in total. The molecule has 2 aromatic rings. The number of halogens is 1. The second kappa shape index (κ2) is 6.83. The first-order chi connectivity index (χ1) is 11.2. The summed E-state index contributed by atoms with van der Waals surface area (Å²) in [5.41, 5.74) is 2.22. The third-order valence-corrected chi connectivity index (χ3v) is 3.84. The van der Waals surface area contributed by atoms with E-state index in [1.807, 2.05) is 42.5 Å². The fourth-order valence-electron chi connectivity index (χ4n) is 2.22. The van der Waals surface area contributed by atoms with Crippen molar-refractivity contribution in [3.05, 3.63) is 46.4 Å². The van der Waals surface area contributed by atoms with Gasteiger partial charge < -0.3 is 14.2 Å². The average molecular weight is 375 g/mol. The molecule has 1 heterocycles. The predicted molar refractivity (Wildman–Crippen MR) is 92.4 cm³/mol. The van der Waals surface area contributed by atoms with Crippen LogP contribution in [0.2, 0.25) is 0 Å². The average Bonchev–Trinajstić information content (AvgIpc) is 2.59. The number of benzene rings is 2. The van der Waals surface area contributed by atoms with Gasteiger partial charge in [0.1, 0.15) is 35.2 Å². The Bertz CT molecular complexity index is 788. The van der Waals surface area contributed by atoms with Crippen LogP contribution in [0, 0.1) is 0 Å². The van der Waals surface area contributed by atoms with E-state index in [-0.39, 0.29) is 0 Å². The number of fused-ring (bicyclic) bond motifs is 1. The molecule has 0 atom stereocenters. The monoisotopic (exact) mass is 374 g/mol. The summed E-state index contributed by atoms with van der Waals surface area (Å²) >= 11 is 3.40. The van der Waals surface area contributed by atoms with Gasteiger partial charge in [0, 0.05) is 16.1 Å². The number of methoxy groups -OCH3 is 2. The van der Waals surface area contributed by atoms with Crippen LogP contribution in [-0.4, -0.2) is 20.8 Å². The van der Waals surface area contributed by atoms with E-state index >= 15 is 0 Å². The van der Waals surface area contributed by atoms with E-state index in [4.69, 9.17) is 14.2 Å². The van der Waals surface area contributed by atoms with Gasteiger partial charge in [-0.1, -0.05) is 22.0 Å². The van der Waals surface area contributed by atoms with Gasteiger partial charge in [0.2, 0.25) is 0 Å². The minimum Gasteiger partial charge on any atom is -0.494 e. The van der Waals surface area contributed by atoms with E-state index in [2.05, 4.69) is 26.2 Å². The Kier molecular flexibility index (Phi) is 4.62. The fraction of sp³-hybridized carbons (Fsp3) is 0.176. The maximum atomic E-state index is 5.57. The summed E-state index contributed by atoms with van der Waals surface area (Å²) in [5.74, 6) is 2.03. The molecule has 0 radical (unpaired) electrons. The Hall–Kier alpha value is -2.34. The molecule has 23 heavy (non-hydrogen) atoms. The third-order valence-electron chi connectivity index (χ3n) is 3.35. The second-order valence-corrected chi connectivity index (χ2v) is 5.71. The third kappa shape index (κ3) is 3.37. The van der Waals surface area contributed by atoms with Crippen molar-refractivity contribution >= 4 is 33.4 Å². The van der Waals surface area contributed by atoms with Gasteiger partial charge in [-0.25, -0.2) is 0 Å². The van der Waals surface area contributed by atoms with Crippen molar-refractivity contribution < 1.29 is 14.2 Å². The summed E-state index contributed by atoms with van der Waals surface area (Å²) in [4.78, 5) is 0. The molecule has 1 aliphatic heterocycles. The molecule has 6 heteroatoms. The molecule has 1 aliphatic rings. The quantitative estimate of drug-likeness (QED) is 0.683. The van der Waals surface area contributed by atoms with Crippen molar-refractivity contribution in [3.8, 4) is 17.2 Å².